The van der Waals surface area contributed by atoms with E-state index < -0.39 is 6.10 Å². The molecule has 1 atom stereocenters. The Labute approximate surface area is 136 Å². The van der Waals surface area contributed by atoms with Crippen molar-refractivity contribution in [2.45, 2.75) is 19.6 Å². The van der Waals surface area contributed by atoms with E-state index in [1.807, 2.05) is 18.4 Å². The van der Waals surface area contributed by atoms with Crippen molar-refractivity contribution in [1.29, 1.82) is 0 Å². The predicted molar refractivity (Wildman–Crippen MR) is 88.6 cm³/mol. The van der Waals surface area contributed by atoms with Crippen LogP contribution in [0.15, 0.2) is 37.5 Å². The number of nitrogens with one attached hydrogen (secondary N) is 2. The first-order chi connectivity index (χ1) is 10.1. The number of guanidine groups is 1. The number of hydrogen-bond acceptors (Lipinski definition) is 4. The highest BCUT2D eigenvalue weighted by Gasteiger charge is 2.12. The van der Waals surface area contributed by atoms with Gasteiger partial charge in [-0.15, -0.1) is 11.3 Å². The SMILES string of the molecule is CN=C(NCc1cc(Br)cs1)NCC(O)c1ccc(C)o1. The summed E-state index contributed by atoms with van der Waals surface area (Å²) in [4.78, 5) is 5.33. The molecule has 0 saturated heterocycles. The zero-order valence-electron chi connectivity index (χ0n) is 11.9. The third-order valence-electron chi connectivity index (χ3n) is 2.83. The molecule has 114 valence electrons. The van der Waals surface area contributed by atoms with E-state index in [9.17, 15) is 5.11 Å². The van der Waals surface area contributed by atoms with Gasteiger partial charge in [0.2, 0.25) is 0 Å². The van der Waals surface area contributed by atoms with Gasteiger partial charge < -0.3 is 20.2 Å². The van der Waals surface area contributed by atoms with Gasteiger partial charge in [0.1, 0.15) is 17.6 Å². The van der Waals surface area contributed by atoms with Crippen molar-refractivity contribution in [3.63, 3.8) is 0 Å². The van der Waals surface area contributed by atoms with Gasteiger partial charge in [0, 0.05) is 21.8 Å². The van der Waals surface area contributed by atoms with Gasteiger partial charge in [-0.3, -0.25) is 4.99 Å². The maximum Gasteiger partial charge on any atom is 0.191 e. The molecule has 0 aromatic carbocycles. The van der Waals surface area contributed by atoms with Crippen LogP contribution in [0.3, 0.4) is 0 Å². The number of furan rings is 1. The third-order valence-corrected chi connectivity index (χ3v) is 4.53. The second kappa shape index (κ2) is 7.63. The third kappa shape index (κ3) is 4.87. The second-order valence-electron chi connectivity index (χ2n) is 4.50. The van der Waals surface area contributed by atoms with E-state index in [0.29, 0.717) is 24.8 Å². The number of rotatable bonds is 5. The van der Waals surface area contributed by atoms with Crippen LogP contribution >= 0.6 is 27.3 Å². The number of aliphatic hydroxyl groups excluding tert-OH is 1. The predicted octanol–water partition coefficient (Wildman–Crippen LogP) is 2.81. The highest BCUT2D eigenvalue weighted by Crippen LogP contribution is 2.19. The second-order valence-corrected chi connectivity index (χ2v) is 6.41. The number of aliphatic imine (C=N–C) groups is 1. The van der Waals surface area contributed by atoms with Crippen LogP contribution in [0.1, 0.15) is 22.5 Å². The van der Waals surface area contributed by atoms with Crippen molar-refractivity contribution >= 4 is 33.2 Å². The Morgan fingerprint density at radius 3 is 2.86 bits per heavy atom. The van der Waals surface area contributed by atoms with E-state index in [1.165, 1.54) is 4.88 Å². The quantitative estimate of drug-likeness (QED) is 0.558. The van der Waals surface area contributed by atoms with Crippen molar-refractivity contribution in [2.75, 3.05) is 13.6 Å². The number of halogens is 1. The lowest BCUT2D eigenvalue weighted by Crippen LogP contribution is -2.38. The molecule has 0 radical (unpaired) electrons. The standard InChI is InChI=1S/C14H18BrN3O2S/c1-9-3-4-13(20-9)12(19)7-18-14(16-2)17-6-11-5-10(15)8-21-11/h3-5,8,12,19H,6-7H2,1-2H3,(H2,16,17,18). The maximum atomic E-state index is 10.0. The minimum atomic E-state index is -0.701. The molecule has 21 heavy (non-hydrogen) atoms. The molecule has 0 bridgehead atoms. The molecule has 2 rings (SSSR count). The number of aliphatic hydroxyl groups is 1. The smallest absolute Gasteiger partial charge is 0.191 e. The molecule has 0 aliphatic rings. The Kier molecular flexibility index (Phi) is 5.84. The van der Waals surface area contributed by atoms with Gasteiger partial charge in [-0.05, 0) is 41.1 Å². The summed E-state index contributed by atoms with van der Waals surface area (Å²) in [6, 6.07) is 5.67. The first-order valence-corrected chi connectivity index (χ1v) is 8.17. The average Bonchev–Trinajstić information content (AvgIpc) is 3.07. The van der Waals surface area contributed by atoms with Crippen molar-refractivity contribution in [3.8, 4) is 0 Å². The minimum Gasteiger partial charge on any atom is -0.464 e. The topological polar surface area (TPSA) is 69.8 Å². The Hall–Kier alpha value is -1.31. The lowest BCUT2D eigenvalue weighted by Gasteiger charge is -2.13. The molecule has 5 nitrogen and oxygen atoms in total. The number of aryl methyl sites for hydroxylation is 1. The van der Waals surface area contributed by atoms with E-state index in [0.717, 1.165) is 10.2 Å². The zero-order valence-corrected chi connectivity index (χ0v) is 14.3. The molecule has 7 heteroatoms. The summed E-state index contributed by atoms with van der Waals surface area (Å²) in [5.41, 5.74) is 0. The maximum absolute atomic E-state index is 10.0. The molecule has 0 fully saturated rings. The monoisotopic (exact) mass is 371 g/mol. The van der Waals surface area contributed by atoms with Gasteiger partial charge in [-0.1, -0.05) is 0 Å². The van der Waals surface area contributed by atoms with E-state index in [1.54, 1.807) is 24.5 Å². The van der Waals surface area contributed by atoms with Crippen molar-refractivity contribution in [3.05, 3.63) is 44.4 Å². The molecule has 0 saturated carbocycles. The van der Waals surface area contributed by atoms with Gasteiger partial charge in [0.25, 0.3) is 0 Å². The van der Waals surface area contributed by atoms with Gasteiger partial charge in [0.15, 0.2) is 5.96 Å². The van der Waals surface area contributed by atoms with Crippen LogP contribution in [0, 0.1) is 6.92 Å². The normalized spacial score (nSPS) is 13.2. The Bertz CT molecular complexity index is 609. The molecule has 0 amide bonds. The van der Waals surface area contributed by atoms with Crippen LogP contribution in [0.25, 0.3) is 0 Å². The summed E-state index contributed by atoms with van der Waals surface area (Å²) in [6.07, 6.45) is -0.701. The van der Waals surface area contributed by atoms with Crippen LogP contribution in [-0.4, -0.2) is 24.7 Å². The fourth-order valence-electron chi connectivity index (χ4n) is 1.76. The van der Waals surface area contributed by atoms with E-state index in [2.05, 4.69) is 37.6 Å². The number of hydrogen-bond donors (Lipinski definition) is 3. The van der Waals surface area contributed by atoms with Gasteiger partial charge in [0.05, 0.1) is 13.1 Å². The molecule has 0 aliphatic heterocycles. The zero-order chi connectivity index (χ0) is 15.2. The van der Waals surface area contributed by atoms with Gasteiger partial charge in [-0.2, -0.15) is 0 Å². The van der Waals surface area contributed by atoms with Crippen LogP contribution in [0.2, 0.25) is 0 Å². The Balaban J connectivity index is 1.80. The molecule has 2 heterocycles. The Morgan fingerprint density at radius 2 is 2.29 bits per heavy atom. The highest BCUT2D eigenvalue weighted by molar-refractivity contribution is 9.10. The Morgan fingerprint density at radius 1 is 1.48 bits per heavy atom. The highest BCUT2D eigenvalue weighted by atomic mass is 79.9. The summed E-state index contributed by atoms with van der Waals surface area (Å²) in [7, 11) is 1.70. The van der Waals surface area contributed by atoms with Crippen LogP contribution < -0.4 is 10.6 Å². The summed E-state index contributed by atoms with van der Waals surface area (Å²) in [6.45, 7) is 2.87. The molecule has 1 unspecified atom stereocenters. The summed E-state index contributed by atoms with van der Waals surface area (Å²) < 4.78 is 6.47. The summed E-state index contributed by atoms with van der Waals surface area (Å²) in [5.74, 6) is 1.98. The molecular formula is C14H18BrN3O2S. The fourth-order valence-corrected chi connectivity index (χ4v) is 3.16. The van der Waals surface area contributed by atoms with E-state index in [-0.39, 0.29) is 0 Å². The first kappa shape index (κ1) is 16.1. The fraction of sp³-hybridized carbons (Fsp3) is 0.357. The molecule has 2 aromatic rings. The molecule has 0 spiro atoms. The first-order valence-electron chi connectivity index (χ1n) is 6.50. The minimum absolute atomic E-state index is 0.334. The van der Waals surface area contributed by atoms with Crippen molar-refractivity contribution < 1.29 is 9.52 Å². The van der Waals surface area contributed by atoms with Crippen LogP contribution in [0.4, 0.5) is 0 Å². The number of thiophene rings is 1. The van der Waals surface area contributed by atoms with E-state index in [4.69, 9.17) is 4.42 Å². The summed E-state index contributed by atoms with van der Waals surface area (Å²) in [5, 5.41) is 18.3. The molecular weight excluding hydrogens is 354 g/mol. The summed E-state index contributed by atoms with van der Waals surface area (Å²) >= 11 is 5.10. The van der Waals surface area contributed by atoms with Gasteiger partial charge in [-0.25, -0.2) is 0 Å². The number of nitrogens with zero attached hydrogens (tertiary/aromatic N) is 1. The van der Waals surface area contributed by atoms with E-state index >= 15 is 0 Å². The van der Waals surface area contributed by atoms with Crippen LogP contribution in [0.5, 0.6) is 0 Å². The average molecular weight is 372 g/mol. The lowest BCUT2D eigenvalue weighted by atomic mass is 10.3. The van der Waals surface area contributed by atoms with Crippen molar-refractivity contribution in [2.24, 2.45) is 4.99 Å². The van der Waals surface area contributed by atoms with Gasteiger partial charge >= 0.3 is 0 Å². The van der Waals surface area contributed by atoms with Crippen molar-refractivity contribution in [1.82, 2.24) is 10.6 Å². The largest absolute Gasteiger partial charge is 0.464 e. The molecule has 0 aliphatic carbocycles. The van der Waals surface area contributed by atoms with Crippen LogP contribution in [-0.2, 0) is 6.54 Å². The molecule has 2 aromatic heterocycles. The molecule has 3 N–H and O–H groups in total. The lowest BCUT2D eigenvalue weighted by molar-refractivity contribution is 0.151.